The van der Waals surface area contributed by atoms with E-state index >= 15 is 4.39 Å². The van der Waals surface area contributed by atoms with E-state index in [-0.39, 0.29) is 28.4 Å². The van der Waals surface area contributed by atoms with Gasteiger partial charge in [-0.15, -0.1) is 0 Å². The standard InChI is InChI=1S/C27H35F3N2O/c1-4-31-12-8-22(9-13-31)33-24-7-6-23(29)25(26(24)30)19-16-20(18-21(28)17-19)27(3)10-14-32(5-2)15-11-27/h6-7,16-18,22H,4-5,8-15H2,1-3H3. The summed E-state index contributed by atoms with van der Waals surface area (Å²) >= 11 is 0. The van der Waals surface area contributed by atoms with Gasteiger partial charge in [0.25, 0.3) is 0 Å². The first kappa shape index (κ1) is 24.1. The van der Waals surface area contributed by atoms with Crippen LogP contribution in [0.4, 0.5) is 13.2 Å². The van der Waals surface area contributed by atoms with Gasteiger partial charge in [0.1, 0.15) is 17.7 Å². The van der Waals surface area contributed by atoms with E-state index in [1.54, 1.807) is 6.07 Å². The second kappa shape index (κ2) is 10.1. The van der Waals surface area contributed by atoms with E-state index in [4.69, 9.17) is 4.74 Å². The van der Waals surface area contributed by atoms with Crippen LogP contribution in [0.3, 0.4) is 0 Å². The molecule has 2 heterocycles. The number of likely N-dealkylation sites (tertiary alicyclic amines) is 2. The van der Waals surface area contributed by atoms with Gasteiger partial charge in [0.2, 0.25) is 0 Å². The SMILES string of the molecule is CCN1CCC(Oc2ccc(F)c(-c3cc(F)cc(C4(C)CCN(CC)CC4)c3)c2F)CC1. The molecule has 0 atom stereocenters. The number of nitrogens with zero attached hydrogens (tertiary/aromatic N) is 2. The third-order valence-corrected chi connectivity index (χ3v) is 7.62. The summed E-state index contributed by atoms with van der Waals surface area (Å²) < 4.78 is 51.0. The minimum atomic E-state index is -0.754. The Hall–Kier alpha value is -2.05. The molecule has 0 aromatic heterocycles. The second-order valence-corrected chi connectivity index (χ2v) is 9.71. The molecule has 2 aliphatic rings. The van der Waals surface area contributed by atoms with Gasteiger partial charge in [0.15, 0.2) is 11.6 Å². The molecule has 3 nitrogen and oxygen atoms in total. The molecule has 2 aliphatic heterocycles. The van der Waals surface area contributed by atoms with Crippen LogP contribution < -0.4 is 4.74 Å². The van der Waals surface area contributed by atoms with Crippen molar-refractivity contribution in [3.8, 4) is 16.9 Å². The van der Waals surface area contributed by atoms with Crippen molar-refractivity contribution in [2.45, 2.75) is 58.0 Å². The van der Waals surface area contributed by atoms with Crippen molar-refractivity contribution >= 4 is 0 Å². The Morgan fingerprint density at radius 1 is 0.909 bits per heavy atom. The van der Waals surface area contributed by atoms with E-state index in [0.29, 0.717) is 0 Å². The summed E-state index contributed by atoms with van der Waals surface area (Å²) in [4.78, 5) is 4.69. The summed E-state index contributed by atoms with van der Waals surface area (Å²) in [5.41, 5.74) is 0.584. The summed E-state index contributed by atoms with van der Waals surface area (Å²) in [6.07, 6.45) is 3.27. The van der Waals surface area contributed by atoms with Gasteiger partial charge in [-0.05, 0) is 92.7 Å². The van der Waals surface area contributed by atoms with Gasteiger partial charge >= 0.3 is 0 Å². The lowest BCUT2D eigenvalue weighted by Gasteiger charge is -2.39. The van der Waals surface area contributed by atoms with Crippen molar-refractivity contribution in [3.63, 3.8) is 0 Å². The van der Waals surface area contributed by atoms with Crippen LogP contribution in [0.25, 0.3) is 11.1 Å². The zero-order valence-electron chi connectivity index (χ0n) is 20.0. The monoisotopic (exact) mass is 460 g/mol. The highest BCUT2D eigenvalue weighted by Gasteiger charge is 2.32. The van der Waals surface area contributed by atoms with Crippen molar-refractivity contribution in [2.24, 2.45) is 0 Å². The van der Waals surface area contributed by atoms with Crippen LogP contribution in [0.2, 0.25) is 0 Å². The molecule has 0 bridgehead atoms. The zero-order chi connectivity index (χ0) is 23.6. The van der Waals surface area contributed by atoms with Crippen molar-refractivity contribution < 1.29 is 17.9 Å². The molecule has 0 unspecified atom stereocenters. The summed E-state index contributed by atoms with van der Waals surface area (Å²) in [5, 5.41) is 0. The van der Waals surface area contributed by atoms with Crippen LogP contribution in [0.1, 0.15) is 52.0 Å². The van der Waals surface area contributed by atoms with E-state index < -0.39 is 17.5 Å². The smallest absolute Gasteiger partial charge is 0.175 e. The first-order chi connectivity index (χ1) is 15.8. The molecule has 0 radical (unpaired) electrons. The lowest BCUT2D eigenvalue weighted by atomic mass is 9.74. The lowest BCUT2D eigenvalue weighted by Crippen LogP contribution is -2.40. The summed E-state index contributed by atoms with van der Waals surface area (Å²) in [6, 6.07) is 7.07. The fraction of sp³-hybridized carbons (Fsp3) is 0.556. The molecule has 180 valence electrons. The van der Waals surface area contributed by atoms with Gasteiger partial charge in [-0.25, -0.2) is 13.2 Å². The number of halogens is 3. The molecule has 0 N–H and O–H groups in total. The number of hydrogen-bond acceptors (Lipinski definition) is 3. The Kier molecular flexibility index (Phi) is 7.34. The third kappa shape index (κ3) is 5.22. The minimum Gasteiger partial charge on any atom is -0.487 e. The number of rotatable bonds is 6. The maximum absolute atomic E-state index is 15.5. The molecule has 33 heavy (non-hydrogen) atoms. The molecule has 4 rings (SSSR count). The lowest BCUT2D eigenvalue weighted by molar-refractivity contribution is 0.100. The van der Waals surface area contributed by atoms with Gasteiger partial charge < -0.3 is 14.5 Å². The quantitative estimate of drug-likeness (QED) is 0.525. The van der Waals surface area contributed by atoms with Gasteiger partial charge in [-0.3, -0.25) is 0 Å². The van der Waals surface area contributed by atoms with Crippen molar-refractivity contribution in [3.05, 3.63) is 53.3 Å². The molecule has 0 amide bonds. The van der Waals surface area contributed by atoms with Crippen LogP contribution in [0, 0.1) is 17.5 Å². The molecular formula is C27H35F3N2O. The summed E-state index contributed by atoms with van der Waals surface area (Å²) in [5.74, 6) is -1.90. The number of benzene rings is 2. The van der Waals surface area contributed by atoms with E-state index in [2.05, 4.69) is 30.6 Å². The van der Waals surface area contributed by atoms with Crippen molar-refractivity contribution in [1.82, 2.24) is 9.80 Å². The Balaban J connectivity index is 1.62. The minimum absolute atomic E-state index is 0.0367. The largest absolute Gasteiger partial charge is 0.487 e. The van der Waals surface area contributed by atoms with Gasteiger partial charge in [-0.1, -0.05) is 26.8 Å². The Morgan fingerprint density at radius 3 is 2.18 bits per heavy atom. The second-order valence-electron chi connectivity index (χ2n) is 9.71. The Morgan fingerprint density at radius 2 is 1.55 bits per heavy atom. The predicted molar refractivity (Wildman–Crippen MR) is 126 cm³/mol. The molecule has 2 aromatic carbocycles. The fourth-order valence-electron chi connectivity index (χ4n) is 5.15. The Labute approximate surface area is 195 Å². The molecular weight excluding hydrogens is 425 g/mol. The zero-order valence-corrected chi connectivity index (χ0v) is 20.0. The van der Waals surface area contributed by atoms with Gasteiger partial charge in [-0.2, -0.15) is 0 Å². The maximum atomic E-state index is 15.5. The summed E-state index contributed by atoms with van der Waals surface area (Å²) in [6.45, 7) is 12.0. The topological polar surface area (TPSA) is 15.7 Å². The van der Waals surface area contributed by atoms with Crippen LogP contribution in [0.15, 0.2) is 30.3 Å². The predicted octanol–water partition coefficient (Wildman–Crippen LogP) is 6.01. The van der Waals surface area contributed by atoms with Crippen molar-refractivity contribution in [2.75, 3.05) is 39.3 Å². The number of ether oxygens (including phenoxy) is 1. The highest BCUT2D eigenvalue weighted by molar-refractivity contribution is 5.68. The van der Waals surface area contributed by atoms with Crippen LogP contribution in [-0.2, 0) is 5.41 Å². The molecule has 2 aromatic rings. The van der Waals surface area contributed by atoms with E-state index in [1.165, 1.54) is 24.3 Å². The molecule has 2 fully saturated rings. The Bertz CT molecular complexity index is 964. The van der Waals surface area contributed by atoms with E-state index in [0.717, 1.165) is 70.5 Å². The molecule has 0 aliphatic carbocycles. The average Bonchev–Trinajstić information content (AvgIpc) is 2.82. The first-order valence-electron chi connectivity index (χ1n) is 12.2. The van der Waals surface area contributed by atoms with E-state index in [1.807, 2.05) is 0 Å². The molecule has 6 heteroatoms. The number of hydrogen-bond donors (Lipinski definition) is 0. The normalized spacial score (nSPS) is 20.2. The highest BCUT2D eigenvalue weighted by Crippen LogP contribution is 2.39. The first-order valence-corrected chi connectivity index (χ1v) is 12.2. The molecule has 0 saturated carbocycles. The highest BCUT2D eigenvalue weighted by atomic mass is 19.1. The van der Waals surface area contributed by atoms with Gasteiger partial charge in [0.05, 0.1) is 5.56 Å². The van der Waals surface area contributed by atoms with E-state index in [9.17, 15) is 8.78 Å². The third-order valence-electron chi connectivity index (χ3n) is 7.62. The van der Waals surface area contributed by atoms with Gasteiger partial charge in [0, 0.05) is 13.1 Å². The van der Waals surface area contributed by atoms with Crippen LogP contribution in [-0.4, -0.2) is 55.2 Å². The molecule has 2 saturated heterocycles. The maximum Gasteiger partial charge on any atom is 0.175 e. The summed E-state index contributed by atoms with van der Waals surface area (Å²) in [7, 11) is 0. The van der Waals surface area contributed by atoms with Crippen molar-refractivity contribution in [1.29, 1.82) is 0 Å². The fourth-order valence-corrected chi connectivity index (χ4v) is 5.15. The average molecular weight is 461 g/mol. The molecule has 0 spiro atoms. The van der Waals surface area contributed by atoms with Crippen LogP contribution >= 0.6 is 0 Å². The number of piperidine rings is 2. The van der Waals surface area contributed by atoms with Crippen LogP contribution in [0.5, 0.6) is 5.75 Å².